The molecule has 2 unspecified atom stereocenters. The number of hydrogen-bond acceptors (Lipinski definition) is 4. The van der Waals surface area contributed by atoms with Crippen LogP contribution in [0.3, 0.4) is 0 Å². The lowest BCUT2D eigenvalue weighted by molar-refractivity contribution is -0.143. The highest BCUT2D eigenvalue weighted by Crippen LogP contribution is 2.22. The Labute approximate surface area is 154 Å². The number of benzene rings is 1. The third kappa shape index (κ3) is 6.22. The molecule has 1 aromatic carbocycles. The van der Waals surface area contributed by atoms with E-state index in [1.54, 1.807) is 12.0 Å². The van der Waals surface area contributed by atoms with Gasteiger partial charge >= 0.3 is 12.0 Å². The number of carbonyl (C=O) groups is 2. The Morgan fingerprint density at radius 1 is 1.23 bits per heavy atom. The summed E-state index contributed by atoms with van der Waals surface area (Å²) in [5, 5.41) is 12.1. The highest BCUT2D eigenvalue weighted by molar-refractivity contribution is 5.76. The largest absolute Gasteiger partial charge is 0.494 e. The van der Waals surface area contributed by atoms with E-state index in [4.69, 9.17) is 9.47 Å². The normalized spacial score (nSPS) is 19.8. The molecule has 7 heteroatoms. The molecule has 2 amide bonds. The molecule has 2 rings (SSSR count). The van der Waals surface area contributed by atoms with Crippen molar-refractivity contribution in [3.8, 4) is 5.75 Å². The van der Waals surface area contributed by atoms with Crippen LogP contribution >= 0.6 is 0 Å². The van der Waals surface area contributed by atoms with Gasteiger partial charge in [0.25, 0.3) is 0 Å². The molecule has 2 N–H and O–H groups in total. The minimum atomic E-state index is -0.838. The third-order valence-corrected chi connectivity index (χ3v) is 4.42. The number of aliphatic carboxylic acids is 1. The molecule has 2 atom stereocenters. The molecule has 26 heavy (non-hydrogen) atoms. The molecule has 0 bridgehead atoms. The number of carboxylic acids is 1. The summed E-state index contributed by atoms with van der Waals surface area (Å²) in [5.41, 5.74) is 0.961. The second kappa shape index (κ2) is 10.0. The van der Waals surface area contributed by atoms with E-state index in [0.717, 1.165) is 17.7 Å². The summed E-state index contributed by atoms with van der Waals surface area (Å²) in [7, 11) is 1.66. The van der Waals surface area contributed by atoms with Gasteiger partial charge in [-0.2, -0.15) is 0 Å². The Kier molecular flexibility index (Phi) is 7.72. The Balaban J connectivity index is 1.78. The average molecular weight is 364 g/mol. The van der Waals surface area contributed by atoms with Gasteiger partial charge in [0, 0.05) is 39.8 Å². The van der Waals surface area contributed by atoms with E-state index < -0.39 is 11.9 Å². The number of hydrogen-bond donors (Lipinski definition) is 2. The van der Waals surface area contributed by atoms with Crippen LogP contribution in [0.25, 0.3) is 0 Å². The van der Waals surface area contributed by atoms with E-state index in [-0.39, 0.29) is 18.5 Å². The molecule has 0 aliphatic carbocycles. The van der Waals surface area contributed by atoms with E-state index in [1.807, 2.05) is 31.2 Å². The van der Waals surface area contributed by atoms with Gasteiger partial charge in [0.2, 0.25) is 0 Å². The van der Waals surface area contributed by atoms with Crippen LogP contribution in [-0.4, -0.2) is 55.4 Å². The van der Waals surface area contributed by atoms with Gasteiger partial charge in [0.1, 0.15) is 5.75 Å². The number of carbonyl (C=O) groups excluding carboxylic acids is 1. The van der Waals surface area contributed by atoms with Gasteiger partial charge in [-0.1, -0.05) is 19.1 Å². The number of carboxylic acid groups (broad SMARTS) is 1. The number of amides is 2. The van der Waals surface area contributed by atoms with Gasteiger partial charge in [0.15, 0.2) is 0 Å². The zero-order chi connectivity index (χ0) is 18.9. The van der Waals surface area contributed by atoms with Crippen molar-refractivity contribution in [3.63, 3.8) is 0 Å². The first-order valence-electron chi connectivity index (χ1n) is 8.96. The van der Waals surface area contributed by atoms with Crippen molar-refractivity contribution in [1.82, 2.24) is 10.2 Å². The van der Waals surface area contributed by atoms with E-state index in [1.165, 1.54) is 0 Å². The first kappa shape index (κ1) is 20.0. The standard InChI is InChI=1S/C19H28N2O5/c1-14-10-16(18(22)23)13-21(12-14)19(24)20-11-15-4-6-17(7-5-15)26-9-3-8-25-2/h4-7,14,16H,3,8-13H2,1-2H3,(H,20,24)(H,22,23). The summed E-state index contributed by atoms with van der Waals surface area (Å²) in [4.78, 5) is 25.2. The third-order valence-electron chi connectivity index (χ3n) is 4.42. The quantitative estimate of drug-likeness (QED) is 0.692. The molecule has 144 valence electrons. The minimum absolute atomic E-state index is 0.185. The van der Waals surface area contributed by atoms with Gasteiger partial charge in [-0.25, -0.2) is 4.79 Å². The highest BCUT2D eigenvalue weighted by atomic mass is 16.5. The zero-order valence-corrected chi connectivity index (χ0v) is 15.4. The van der Waals surface area contributed by atoms with Crippen molar-refractivity contribution in [1.29, 1.82) is 0 Å². The average Bonchev–Trinajstić information content (AvgIpc) is 2.63. The summed E-state index contributed by atoms with van der Waals surface area (Å²) < 4.78 is 10.6. The van der Waals surface area contributed by atoms with Crippen LogP contribution in [0, 0.1) is 11.8 Å². The summed E-state index contributed by atoms with van der Waals surface area (Å²) in [6, 6.07) is 7.34. The van der Waals surface area contributed by atoms with Crippen molar-refractivity contribution in [2.45, 2.75) is 26.3 Å². The highest BCUT2D eigenvalue weighted by Gasteiger charge is 2.31. The smallest absolute Gasteiger partial charge is 0.317 e. The van der Waals surface area contributed by atoms with Crippen LogP contribution in [0.2, 0.25) is 0 Å². The van der Waals surface area contributed by atoms with Crippen LogP contribution < -0.4 is 10.1 Å². The predicted octanol–water partition coefficient (Wildman–Crippen LogP) is 2.35. The van der Waals surface area contributed by atoms with Crippen molar-refractivity contribution >= 4 is 12.0 Å². The number of ether oxygens (including phenoxy) is 2. The topological polar surface area (TPSA) is 88.1 Å². The molecule has 1 aromatic rings. The van der Waals surface area contributed by atoms with Crippen LogP contribution in [0.15, 0.2) is 24.3 Å². The van der Waals surface area contributed by atoms with Gasteiger partial charge in [-0.15, -0.1) is 0 Å². The van der Waals surface area contributed by atoms with Gasteiger partial charge in [-0.05, 0) is 30.0 Å². The molecule has 0 spiro atoms. The lowest BCUT2D eigenvalue weighted by Gasteiger charge is -2.34. The van der Waals surface area contributed by atoms with E-state index in [2.05, 4.69) is 5.32 Å². The molecule has 1 saturated heterocycles. The molecular formula is C19H28N2O5. The maximum atomic E-state index is 12.3. The number of nitrogens with one attached hydrogen (secondary N) is 1. The monoisotopic (exact) mass is 364 g/mol. The van der Waals surface area contributed by atoms with Gasteiger partial charge in [-0.3, -0.25) is 4.79 Å². The van der Waals surface area contributed by atoms with Crippen molar-refractivity contribution in [2.75, 3.05) is 33.4 Å². The molecule has 1 aliphatic rings. The Hall–Kier alpha value is -2.28. The van der Waals surface area contributed by atoms with E-state index in [9.17, 15) is 14.7 Å². The molecular weight excluding hydrogens is 336 g/mol. The molecule has 0 aromatic heterocycles. The maximum Gasteiger partial charge on any atom is 0.317 e. The number of methoxy groups -OCH3 is 1. The fourth-order valence-corrected chi connectivity index (χ4v) is 3.08. The Morgan fingerprint density at radius 3 is 2.62 bits per heavy atom. The molecule has 1 heterocycles. The molecule has 1 aliphatic heterocycles. The van der Waals surface area contributed by atoms with E-state index >= 15 is 0 Å². The zero-order valence-electron chi connectivity index (χ0n) is 15.4. The van der Waals surface area contributed by atoms with Crippen molar-refractivity contribution in [3.05, 3.63) is 29.8 Å². The number of urea groups is 1. The first-order chi connectivity index (χ1) is 12.5. The summed E-state index contributed by atoms with van der Waals surface area (Å²) in [6.07, 6.45) is 1.45. The van der Waals surface area contributed by atoms with Crippen LogP contribution in [0.5, 0.6) is 5.75 Å². The Morgan fingerprint density at radius 2 is 1.96 bits per heavy atom. The van der Waals surface area contributed by atoms with Gasteiger partial charge < -0.3 is 24.8 Å². The van der Waals surface area contributed by atoms with Crippen LogP contribution in [0.1, 0.15) is 25.3 Å². The molecule has 0 saturated carbocycles. The van der Waals surface area contributed by atoms with Crippen molar-refractivity contribution < 1.29 is 24.2 Å². The first-order valence-corrected chi connectivity index (χ1v) is 8.96. The lowest BCUT2D eigenvalue weighted by Crippen LogP contribution is -2.49. The molecule has 1 fully saturated rings. The fourth-order valence-electron chi connectivity index (χ4n) is 3.08. The van der Waals surface area contributed by atoms with Crippen LogP contribution in [-0.2, 0) is 16.1 Å². The second-order valence-corrected chi connectivity index (χ2v) is 6.78. The van der Waals surface area contributed by atoms with Crippen molar-refractivity contribution in [2.24, 2.45) is 11.8 Å². The number of likely N-dealkylation sites (tertiary alicyclic amines) is 1. The summed E-state index contributed by atoms with van der Waals surface area (Å²) >= 11 is 0. The molecule has 0 radical (unpaired) electrons. The van der Waals surface area contributed by atoms with Gasteiger partial charge in [0.05, 0.1) is 12.5 Å². The SMILES string of the molecule is COCCCOc1ccc(CNC(=O)N2CC(C)CC(C(=O)O)C2)cc1. The maximum absolute atomic E-state index is 12.3. The summed E-state index contributed by atoms with van der Waals surface area (Å²) in [5.74, 6) is -0.357. The number of nitrogens with zero attached hydrogens (tertiary/aromatic N) is 1. The second-order valence-electron chi connectivity index (χ2n) is 6.78. The minimum Gasteiger partial charge on any atom is -0.494 e. The predicted molar refractivity (Wildman–Crippen MR) is 97.1 cm³/mol. The van der Waals surface area contributed by atoms with Crippen LogP contribution in [0.4, 0.5) is 4.79 Å². The van der Waals surface area contributed by atoms with E-state index in [0.29, 0.717) is 32.7 Å². The number of piperidine rings is 1. The Bertz CT molecular complexity index is 590. The summed E-state index contributed by atoms with van der Waals surface area (Å²) in [6.45, 7) is 4.49. The lowest BCUT2D eigenvalue weighted by atomic mass is 9.91. The fraction of sp³-hybridized carbons (Fsp3) is 0.579. The number of rotatable bonds is 8. The molecule has 7 nitrogen and oxygen atoms in total.